The summed E-state index contributed by atoms with van der Waals surface area (Å²) in [4.78, 5) is 12.2. The van der Waals surface area contributed by atoms with Crippen molar-refractivity contribution in [2.75, 3.05) is 13.1 Å². The zero-order chi connectivity index (χ0) is 15.7. The lowest BCUT2D eigenvalue weighted by Gasteiger charge is -2.33. The van der Waals surface area contributed by atoms with Gasteiger partial charge in [-0.15, -0.1) is 11.3 Å². The van der Waals surface area contributed by atoms with Crippen LogP contribution < -0.4 is 5.32 Å². The molecule has 1 unspecified atom stereocenters. The summed E-state index contributed by atoms with van der Waals surface area (Å²) in [5.41, 5.74) is 0.0554. The van der Waals surface area contributed by atoms with Crippen molar-refractivity contribution in [1.82, 2.24) is 9.62 Å². The van der Waals surface area contributed by atoms with Crippen LogP contribution in [0.5, 0.6) is 0 Å². The molecule has 2 heterocycles. The zero-order valence-corrected chi connectivity index (χ0v) is 13.0. The van der Waals surface area contributed by atoms with E-state index in [2.05, 4.69) is 5.32 Å². The third-order valence-corrected chi connectivity index (χ3v) is 6.66. The Morgan fingerprint density at radius 3 is 2.68 bits per heavy atom. The second-order valence-electron chi connectivity index (χ2n) is 4.76. The molecule has 1 atom stereocenters. The molecule has 22 heavy (non-hydrogen) atoms. The van der Waals surface area contributed by atoms with Crippen LogP contribution in [0, 0.1) is 5.82 Å². The molecule has 0 aliphatic carbocycles. The molecule has 116 valence electrons. The predicted octanol–water partition coefficient (Wildman–Crippen LogP) is 1.75. The summed E-state index contributed by atoms with van der Waals surface area (Å²) >= 11 is 1.07. The molecule has 1 aromatic carbocycles. The summed E-state index contributed by atoms with van der Waals surface area (Å²) < 4.78 is 40.7. The van der Waals surface area contributed by atoms with Crippen molar-refractivity contribution in [1.29, 1.82) is 0 Å². The number of piperazine rings is 1. The number of carbonyl (C=O) groups is 1. The van der Waals surface area contributed by atoms with Gasteiger partial charge in [0.05, 0.1) is 0 Å². The molecule has 1 aliphatic rings. The summed E-state index contributed by atoms with van der Waals surface area (Å²) in [6.07, 6.45) is 0. The van der Waals surface area contributed by atoms with Gasteiger partial charge in [0.15, 0.2) is 0 Å². The van der Waals surface area contributed by atoms with Crippen LogP contribution in [-0.2, 0) is 14.8 Å². The first-order valence-electron chi connectivity index (χ1n) is 6.59. The van der Waals surface area contributed by atoms with E-state index in [1.165, 1.54) is 24.3 Å². The van der Waals surface area contributed by atoms with E-state index in [0.29, 0.717) is 0 Å². The first kappa shape index (κ1) is 15.1. The average Bonchev–Trinajstić information content (AvgIpc) is 3.03. The van der Waals surface area contributed by atoms with Gasteiger partial charge in [-0.1, -0.05) is 24.3 Å². The first-order valence-corrected chi connectivity index (χ1v) is 8.91. The van der Waals surface area contributed by atoms with Crippen molar-refractivity contribution < 1.29 is 17.6 Å². The number of hydrogen-bond acceptors (Lipinski definition) is 4. The van der Waals surface area contributed by atoms with Crippen LogP contribution in [0.1, 0.15) is 11.6 Å². The lowest BCUT2D eigenvalue weighted by Crippen LogP contribution is -2.52. The minimum atomic E-state index is -3.84. The summed E-state index contributed by atoms with van der Waals surface area (Å²) in [5.74, 6) is -1.12. The lowest BCUT2D eigenvalue weighted by molar-refractivity contribution is -0.127. The Hall–Kier alpha value is -1.77. The van der Waals surface area contributed by atoms with Gasteiger partial charge in [-0.2, -0.15) is 4.31 Å². The predicted molar refractivity (Wildman–Crippen MR) is 80.4 cm³/mol. The summed E-state index contributed by atoms with van der Waals surface area (Å²) in [7, 11) is -3.84. The monoisotopic (exact) mass is 340 g/mol. The number of carbonyl (C=O) groups excluding carboxylic acids is 1. The number of thiophene rings is 1. The summed E-state index contributed by atoms with van der Waals surface area (Å²) in [6, 6.07) is 7.63. The van der Waals surface area contributed by atoms with Crippen molar-refractivity contribution in [3.63, 3.8) is 0 Å². The van der Waals surface area contributed by atoms with E-state index in [1.807, 2.05) is 0 Å². The minimum absolute atomic E-state index is 0.0554. The van der Waals surface area contributed by atoms with E-state index in [-0.39, 0.29) is 22.9 Å². The van der Waals surface area contributed by atoms with Gasteiger partial charge in [0.2, 0.25) is 5.91 Å². The van der Waals surface area contributed by atoms with Gasteiger partial charge < -0.3 is 5.32 Å². The smallest absolute Gasteiger partial charge is 0.253 e. The molecule has 1 N–H and O–H groups in total. The number of halogens is 1. The van der Waals surface area contributed by atoms with Crippen LogP contribution in [0.4, 0.5) is 4.39 Å². The molecule has 1 saturated heterocycles. The Kier molecular flexibility index (Phi) is 3.98. The molecule has 5 nitrogen and oxygen atoms in total. The van der Waals surface area contributed by atoms with E-state index < -0.39 is 27.8 Å². The highest BCUT2D eigenvalue weighted by Gasteiger charge is 2.40. The number of nitrogens with one attached hydrogen (secondary N) is 1. The van der Waals surface area contributed by atoms with Crippen molar-refractivity contribution >= 4 is 27.3 Å². The molecule has 0 spiro atoms. The third-order valence-electron chi connectivity index (χ3n) is 3.43. The van der Waals surface area contributed by atoms with Crippen LogP contribution in [0.3, 0.4) is 0 Å². The maximum atomic E-state index is 14.1. The average molecular weight is 340 g/mol. The maximum Gasteiger partial charge on any atom is 0.253 e. The Balaban J connectivity index is 2.09. The van der Waals surface area contributed by atoms with E-state index >= 15 is 0 Å². The molecule has 0 radical (unpaired) electrons. The van der Waals surface area contributed by atoms with Gasteiger partial charge >= 0.3 is 0 Å². The molecular weight excluding hydrogens is 327 g/mol. The Morgan fingerprint density at radius 2 is 2.00 bits per heavy atom. The molecule has 8 heteroatoms. The number of hydrogen-bond donors (Lipinski definition) is 1. The van der Waals surface area contributed by atoms with Crippen LogP contribution in [0.2, 0.25) is 0 Å². The number of benzene rings is 1. The fraction of sp³-hybridized carbons (Fsp3) is 0.214. The van der Waals surface area contributed by atoms with Crippen LogP contribution >= 0.6 is 11.3 Å². The van der Waals surface area contributed by atoms with Gasteiger partial charge in [0, 0.05) is 18.7 Å². The summed E-state index contributed by atoms with van der Waals surface area (Å²) in [6.45, 7) is 0.305. The number of sulfonamides is 1. The quantitative estimate of drug-likeness (QED) is 0.926. The van der Waals surface area contributed by atoms with Crippen molar-refractivity contribution in [2.45, 2.75) is 10.3 Å². The molecule has 1 fully saturated rings. The fourth-order valence-corrected chi connectivity index (χ4v) is 5.11. The van der Waals surface area contributed by atoms with Gasteiger partial charge in [0.1, 0.15) is 16.1 Å². The van der Waals surface area contributed by atoms with Crippen molar-refractivity contribution in [3.8, 4) is 0 Å². The largest absolute Gasteiger partial charge is 0.353 e. The Bertz CT molecular complexity index is 790. The highest BCUT2D eigenvalue weighted by molar-refractivity contribution is 7.91. The SMILES string of the molecule is O=C1NCCN(S(=O)(=O)c2cccs2)C1c1ccccc1F. The molecule has 0 bridgehead atoms. The highest BCUT2D eigenvalue weighted by atomic mass is 32.2. The normalized spacial score (nSPS) is 19.9. The molecule has 3 rings (SSSR count). The Morgan fingerprint density at radius 1 is 1.23 bits per heavy atom. The van der Waals surface area contributed by atoms with Crippen molar-refractivity contribution in [3.05, 3.63) is 53.2 Å². The second-order valence-corrected chi connectivity index (χ2v) is 7.83. The van der Waals surface area contributed by atoms with Crippen molar-refractivity contribution in [2.24, 2.45) is 0 Å². The molecule has 1 amide bonds. The van der Waals surface area contributed by atoms with E-state index in [4.69, 9.17) is 0 Å². The fourth-order valence-electron chi connectivity index (χ4n) is 2.42. The standard InChI is InChI=1S/C14H13FN2O3S2/c15-11-5-2-1-4-10(11)13-14(18)16-7-8-17(13)22(19,20)12-6-3-9-21-12/h1-6,9,13H,7-8H2,(H,16,18). The van der Waals surface area contributed by atoms with Gasteiger partial charge in [0.25, 0.3) is 10.0 Å². The number of amides is 1. The molecule has 0 saturated carbocycles. The van der Waals surface area contributed by atoms with Crippen LogP contribution in [0.15, 0.2) is 46.0 Å². The van der Waals surface area contributed by atoms with Gasteiger partial charge in [-0.05, 0) is 17.5 Å². The maximum absolute atomic E-state index is 14.1. The molecule has 1 aromatic heterocycles. The van der Waals surface area contributed by atoms with Crippen LogP contribution in [0.25, 0.3) is 0 Å². The van der Waals surface area contributed by atoms with E-state index in [0.717, 1.165) is 15.6 Å². The van der Waals surface area contributed by atoms with E-state index in [9.17, 15) is 17.6 Å². The van der Waals surface area contributed by atoms with Gasteiger partial charge in [-0.3, -0.25) is 4.79 Å². The third kappa shape index (κ3) is 2.53. The highest BCUT2D eigenvalue weighted by Crippen LogP contribution is 2.32. The second kappa shape index (κ2) is 5.79. The first-order chi connectivity index (χ1) is 10.5. The van der Waals surface area contributed by atoms with Gasteiger partial charge in [-0.25, -0.2) is 12.8 Å². The molecule has 1 aliphatic heterocycles. The number of rotatable bonds is 3. The summed E-state index contributed by atoms with van der Waals surface area (Å²) in [5, 5.41) is 4.24. The topological polar surface area (TPSA) is 66.5 Å². The zero-order valence-electron chi connectivity index (χ0n) is 11.4. The number of nitrogens with zero attached hydrogens (tertiary/aromatic N) is 1. The molecule has 2 aromatic rings. The Labute approximate surface area is 131 Å². The lowest BCUT2D eigenvalue weighted by atomic mass is 10.0. The minimum Gasteiger partial charge on any atom is -0.353 e. The van der Waals surface area contributed by atoms with Crippen LogP contribution in [-0.4, -0.2) is 31.7 Å². The molecular formula is C14H13FN2O3S2. The van der Waals surface area contributed by atoms with E-state index in [1.54, 1.807) is 17.5 Å².